The van der Waals surface area contributed by atoms with Crippen molar-refractivity contribution in [1.29, 1.82) is 5.26 Å². The van der Waals surface area contributed by atoms with Gasteiger partial charge in [0.25, 0.3) is 0 Å². The highest BCUT2D eigenvalue weighted by atomic mass is 15.2. The topological polar surface area (TPSA) is 66.5 Å². The van der Waals surface area contributed by atoms with E-state index in [0.29, 0.717) is 11.4 Å². The number of aromatic nitrogens is 3. The molecular formula is C12H13N5. The van der Waals surface area contributed by atoms with Crippen LogP contribution < -0.4 is 5.32 Å². The van der Waals surface area contributed by atoms with Gasteiger partial charge in [-0.2, -0.15) is 10.4 Å². The summed E-state index contributed by atoms with van der Waals surface area (Å²) >= 11 is 0. The third-order valence-corrected chi connectivity index (χ3v) is 2.54. The maximum absolute atomic E-state index is 8.92. The van der Waals surface area contributed by atoms with Crippen molar-refractivity contribution in [3.05, 3.63) is 29.6 Å². The van der Waals surface area contributed by atoms with Gasteiger partial charge >= 0.3 is 0 Å². The number of pyridine rings is 1. The Morgan fingerprint density at radius 2 is 2.18 bits per heavy atom. The third kappa shape index (κ3) is 1.97. The highest BCUT2D eigenvalue weighted by Gasteiger charge is 2.10. The Balaban J connectivity index is 2.54. The molecule has 2 aromatic rings. The highest BCUT2D eigenvalue weighted by molar-refractivity contribution is 5.65. The minimum atomic E-state index is 0.540. The van der Waals surface area contributed by atoms with E-state index >= 15 is 0 Å². The second-order valence-corrected chi connectivity index (χ2v) is 3.76. The van der Waals surface area contributed by atoms with Crippen LogP contribution in [-0.2, 0) is 7.05 Å². The first-order valence-electron chi connectivity index (χ1n) is 5.25. The van der Waals surface area contributed by atoms with Crippen LogP contribution in [0.2, 0.25) is 0 Å². The molecule has 0 aliphatic heterocycles. The van der Waals surface area contributed by atoms with Gasteiger partial charge in [0.1, 0.15) is 11.9 Å². The molecule has 0 aromatic carbocycles. The van der Waals surface area contributed by atoms with Gasteiger partial charge in [-0.05, 0) is 19.1 Å². The fourth-order valence-electron chi connectivity index (χ4n) is 1.74. The average molecular weight is 227 g/mol. The smallest absolute Gasteiger partial charge is 0.144 e. The molecule has 2 rings (SSSR count). The van der Waals surface area contributed by atoms with E-state index in [4.69, 9.17) is 5.26 Å². The Bertz CT molecular complexity index is 591. The Morgan fingerprint density at radius 1 is 1.41 bits per heavy atom. The first-order valence-corrected chi connectivity index (χ1v) is 5.25. The lowest BCUT2D eigenvalue weighted by molar-refractivity contribution is 0.756. The number of anilines is 1. The number of nitriles is 1. The molecule has 2 aromatic heterocycles. The molecule has 17 heavy (non-hydrogen) atoms. The quantitative estimate of drug-likeness (QED) is 0.848. The molecule has 2 heterocycles. The largest absolute Gasteiger partial charge is 0.372 e. The Morgan fingerprint density at radius 3 is 2.71 bits per heavy atom. The maximum Gasteiger partial charge on any atom is 0.144 e. The van der Waals surface area contributed by atoms with Crippen LogP contribution >= 0.6 is 0 Å². The summed E-state index contributed by atoms with van der Waals surface area (Å²) in [6.45, 7) is 1.94. The summed E-state index contributed by atoms with van der Waals surface area (Å²) < 4.78 is 1.75. The van der Waals surface area contributed by atoms with Crippen molar-refractivity contribution in [3.63, 3.8) is 0 Å². The van der Waals surface area contributed by atoms with Gasteiger partial charge in [0, 0.05) is 25.9 Å². The van der Waals surface area contributed by atoms with Gasteiger partial charge in [-0.1, -0.05) is 0 Å². The normalized spacial score (nSPS) is 10.0. The van der Waals surface area contributed by atoms with Gasteiger partial charge < -0.3 is 5.32 Å². The van der Waals surface area contributed by atoms with Gasteiger partial charge in [0.05, 0.1) is 17.0 Å². The lowest BCUT2D eigenvalue weighted by Crippen LogP contribution is -1.97. The molecule has 0 saturated carbocycles. The molecular weight excluding hydrogens is 214 g/mol. The van der Waals surface area contributed by atoms with Crippen molar-refractivity contribution in [3.8, 4) is 17.3 Å². The zero-order valence-corrected chi connectivity index (χ0v) is 10.0. The molecule has 0 unspecified atom stereocenters. The van der Waals surface area contributed by atoms with Crippen molar-refractivity contribution >= 4 is 5.82 Å². The molecule has 0 aliphatic carbocycles. The van der Waals surface area contributed by atoms with Crippen molar-refractivity contribution in [2.75, 3.05) is 12.4 Å². The van der Waals surface area contributed by atoms with E-state index in [1.165, 1.54) is 0 Å². The standard InChI is InChI=1S/C12H13N5/c1-8-10(7-17(3)16-8)11-5-4-9(6-13)12(14-2)15-11/h4-5,7H,1-3H3,(H,14,15). The van der Waals surface area contributed by atoms with Crippen LogP contribution in [0.25, 0.3) is 11.3 Å². The van der Waals surface area contributed by atoms with Gasteiger partial charge in [-0.25, -0.2) is 4.98 Å². The summed E-state index contributed by atoms with van der Waals surface area (Å²) in [6.07, 6.45) is 1.92. The molecule has 5 heteroatoms. The van der Waals surface area contributed by atoms with Crippen LogP contribution in [0.5, 0.6) is 0 Å². The number of hydrogen-bond donors (Lipinski definition) is 1. The monoisotopic (exact) mass is 227 g/mol. The van der Waals surface area contributed by atoms with Crippen LogP contribution in [0, 0.1) is 18.3 Å². The van der Waals surface area contributed by atoms with Crippen LogP contribution in [0.3, 0.4) is 0 Å². The molecule has 0 spiro atoms. The molecule has 0 radical (unpaired) electrons. The van der Waals surface area contributed by atoms with E-state index in [-0.39, 0.29) is 0 Å². The first-order chi connectivity index (χ1) is 8.15. The number of hydrogen-bond acceptors (Lipinski definition) is 4. The van der Waals surface area contributed by atoms with E-state index in [0.717, 1.165) is 17.0 Å². The summed E-state index contributed by atoms with van der Waals surface area (Å²) in [7, 11) is 3.63. The predicted molar refractivity (Wildman–Crippen MR) is 65.4 cm³/mol. The van der Waals surface area contributed by atoms with E-state index in [2.05, 4.69) is 21.5 Å². The van der Waals surface area contributed by atoms with Crippen molar-refractivity contribution < 1.29 is 0 Å². The summed E-state index contributed by atoms with van der Waals surface area (Å²) in [5, 5.41) is 16.1. The minimum Gasteiger partial charge on any atom is -0.372 e. The fraction of sp³-hybridized carbons (Fsp3) is 0.250. The summed E-state index contributed by atoms with van der Waals surface area (Å²) in [5.74, 6) is 0.591. The maximum atomic E-state index is 8.92. The molecule has 0 fully saturated rings. The Hall–Kier alpha value is -2.35. The van der Waals surface area contributed by atoms with Crippen LogP contribution in [-0.4, -0.2) is 21.8 Å². The molecule has 1 N–H and O–H groups in total. The van der Waals surface area contributed by atoms with Gasteiger partial charge in [-0.15, -0.1) is 0 Å². The second-order valence-electron chi connectivity index (χ2n) is 3.76. The third-order valence-electron chi connectivity index (χ3n) is 2.54. The molecule has 86 valence electrons. The average Bonchev–Trinajstić information content (AvgIpc) is 2.67. The van der Waals surface area contributed by atoms with Crippen molar-refractivity contribution in [2.24, 2.45) is 7.05 Å². The molecule has 0 amide bonds. The predicted octanol–water partition coefficient (Wildman–Crippen LogP) is 1.70. The van der Waals surface area contributed by atoms with Crippen LogP contribution in [0.4, 0.5) is 5.82 Å². The zero-order chi connectivity index (χ0) is 12.4. The summed E-state index contributed by atoms with van der Waals surface area (Å²) in [6, 6.07) is 5.70. The molecule has 0 atom stereocenters. The fourth-order valence-corrected chi connectivity index (χ4v) is 1.74. The lowest BCUT2D eigenvalue weighted by Gasteiger charge is -2.04. The van der Waals surface area contributed by atoms with Crippen LogP contribution in [0.15, 0.2) is 18.3 Å². The van der Waals surface area contributed by atoms with Crippen molar-refractivity contribution in [1.82, 2.24) is 14.8 Å². The minimum absolute atomic E-state index is 0.540. The van der Waals surface area contributed by atoms with E-state index in [9.17, 15) is 0 Å². The molecule has 0 bridgehead atoms. The van der Waals surface area contributed by atoms with E-state index < -0.39 is 0 Å². The second kappa shape index (κ2) is 4.26. The molecule has 0 saturated heterocycles. The first kappa shape index (κ1) is 11.1. The molecule has 5 nitrogen and oxygen atoms in total. The number of aryl methyl sites for hydroxylation is 2. The SMILES string of the molecule is CNc1nc(-c2cn(C)nc2C)ccc1C#N. The van der Waals surface area contributed by atoms with E-state index in [1.54, 1.807) is 17.8 Å². The lowest BCUT2D eigenvalue weighted by atomic mass is 10.1. The Kier molecular flexibility index (Phi) is 2.79. The molecule has 0 aliphatic rings. The highest BCUT2D eigenvalue weighted by Crippen LogP contribution is 2.23. The van der Waals surface area contributed by atoms with Crippen LogP contribution in [0.1, 0.15) is 11.3 Å². The van der Waals surface area contributed by atoms with Crippen molar-refractivity contribution in [2.45, 2.75) is 6.92 Å². The summed E-state index contributed by atoms with van der Waals surface area (Å²) in [4.78, 5) is 4.42. The van der Waals surface area contributed by atoms with E-state index in [1.807, 2.05) is 26.2 Å². The number of rotatable bonds is 2. The van der Waals surface area contributed by atoms with Gasteiger partial charge in [-0.3, -0.25) is 4.68 Å². The van der Waals surface area contributed by atoms with Gasteiger partial charge in [0.15, 0.2) is 0 Å². The summed E-state index contributed by atoms with van der Waals surface area (Å²) in [5.41, 5.74) is 3.26. The number of nitrogens with zero attached hydrogens (tertiary/aromatic N) is 4. The number of nitrogens with one attached hydrogen (secondary N) is 1. The van der Waals surface area contributed by atoms with Gasteiger partial charge in [0.2, 0.25) is 0 Å². The Labute approximate surface area is 99.7 Å². The zero-order valence-electron chi connectivity index (χ0n) is 10.0.